The minimum absolute atomic E-state index is 0.147. The van der Waals surface area contributed by atoms with Crippen LogP contribution < -0.4 is 22.1 Å². The van der Waals surface area contributed by atoms with Gasteiger partial charge in [-0.15, -0.1) is 0 Å². The third-order valence-electron chi connectivity index (χ3n) is 6.35. The molecule has 0 fully saturated rings. The van der Waals surface area contributed by atoms with Gasteiger partial charge in [0.05, 0.1) is 5.69 Å². The number of benzene rings is 4. The van der Waals surface area contributed by atoms with Gasteiger partial charge < -0.3 is 27.2 Å². The monoisotopic (exact) mass is 476 g/mol. The molecule has 0 saturated carbocycles. The molecule has 5 heteroatoms. The molecule has 0 amide bonds. The number of hydrogen-bond donors (Lipinski definition) is 5. The van der Waals surface area contributed by atoms with Gasteiger partial charge in [-0.2, -0.15) is 0 Å². The van der Waals surface area contributed by atoms with Crippen molar-refractivity contribution in [3.8, 4) is 5.75 Å². The van der Waals surface area contributed by atoms with Crippen LogP contribution in [0.3, 0.4) is 0 Å². The Kier molecular flexibility index (Phi) is 6.75. The number of nitrogen functional groups attached to an aromatic ring is 2. The molecule has 0 aliphatic heterocycles. The van der Waals surface area contributed by atoms with E-state index in [1.54, 1.807) is 6.07 Å². The van der Waals surface area contributed by atoms with E-state index in [1.165, 1.54) is 0 Å². The minimum Gasteiger partial charge on any atom is -0.506 e. The molecule has 36 heavy (non-hydrogen) atoms. The zero-order valence-electron chi connectivity index (χ0n) is 20.7. The fourth-order valence-electron chi connectivity index (χ4n) is 4.11. The lowest BCUT2D eigenvalue weighted by Crippen LogP contribution is -2.19. The summed E-state index contributed by atoms with van der Waals surface area (Å²) in [5, 5.41) is 17.2. The van der Waals surface area contributed by atoms with E-state index in [0.717, 1.165) is 33.6 Å². The summed E-state index contributed by atoms with van der Waals surface area (Å²) in [5.74, 6) is 0.147. The largest absolute Gasteiger partial charge is 0.506 e. The van der Waals surface area contributed by atoms with Crippen molar-refractivity contribution in [2.75, 3.05) is 22.1 Å². The van der Waals surface area contributed by atoms with Crippen LogP contribution in [0.15, 0.2) is 104 Å². The van der Waals surface area contributed by atoms with E-state index in [1.807, 2.05) is 72.8 Å². The predicted molar refractivity (Wildman–Crippen MR) is 154 cm³/mol. The van der Waals surface area contributed by atoms with Crippen LogP contribution in [0.4, 0.5) is 22.7 Å². The summed E-state index contributed by atoms with van der Waals surface area (Å²) in [5.41, 5.74) is 19.7. The molecule has 4 rings (SSSR count). The second-order valence-electron chi connectivity index (χ2n) is 9.40. The van der Waals surface area contributed by atoms with Crippen molar-refractivity contribution < 1.29 is 5.11 Å². The van der Waals surface area contributed by atoms with Crippen LogP contribution in [0, 0.1) is 0 Å². The van der Waals surface area contributed by atoms with E-state index in [-0.39, 0.29) is 11.2 Å². The van der Waals surface area contributed by atoms with Gasteiger partial charge in [0.25, 0.3) is 0 Å². The van der Waals surface area contributed by atoms with Crippen LogP contribution >= 0.6 is 0 Å². The molecular weight excluding hydrogens is 444 g/mol. The maximum Gasteiger partial charge on any atom is 0.139 e. The van der Waals surface area contributed by atoms with Gasteiger partial charge >= 0.3 is 0 Å². The lowest BCUT2D eigenvalue weighted by molar-refractivity contribution is 0.477. The van der Waals surface area contributed by atoms with Gasteiger partial charge in [-0.25, -0.2) is 0 Å². The molecule has 0 atom stereocenters. The second-order valence-corrected chi connectivity index (χ2v) is 9.40. The molecular formula is C31H32N4O. The third-order valence-corrected chi connectivity index (χ3v) is 6.35. The van der Waals surface area contributed by atoms with Crippen molar-refractivity contribution >= 4 is 34.1 Å². The zero-order chi connectivity index (χ0) is 25.9. The topological polar surface area (TPSA) is 96.3 Å². The molecule has 0 aliphatic carbocycles. The summed E-state index contributed by atoms with van der Waals surface area (Å²) in [7, 11) is 0. The van der Waals surface area contributed by atoms with Crippen LogP contribution in [0.2, 0.25) is 0 Å². The van der Waals surface area contributed by atoms with Crippen LogP contribution in [0.5, 0.6) is 5.75 Å². The van der Waals surface area contributed by atoms with E-state index in [4.69, 9.17) is 11.5 Å². The third kappa shape index (κ3) is 5.36. The van der Waals surface area contributed by atoms with E-state index >= 15 is 0 Å². The predicted octanol–water partition coefficient (Wildman–Crippen LogP) is 7.05. The minimum atomic E-state index is -0.348. The van der Waals surface area contributed by atoms with Crippen molar-refractivity contribution in [3.63, 3.8) is 0 Å². The van der Waals surface area contributed by atoms with Crippen LogP contribution in [0.25, 0.3) is 11.4 Å². The Morgan fingerprint density at radius 1 is 0.694 bits per heavy atom. The summed E-state index contributed by atoms with van der Waals surface area (Å²) in [6.45, 7) is 12.6. The number of hydrogen-bond acceptors (Lipinski definition) is 5. The lowest BCUT2D eigenvalue weighted by Gasteiger charge is -2.28. The Morgan fingerprint density at radius 3 is 1.86 bits per heavy atom. The number of phenolic OH excluding ortho intramolecular Hbond substituents is 1. The number of aromatic hydroxyl groups is 1. The molecule has 4 aromatic carbocycles. The van der Waals surface area contributed by atoms with Crippen molar-refractivity contribution in [1.29, 1.82) is 0 Å². The fraction of sp³-hybridized carbons (Fsp3) is 0.0968. The Hall–Kier alpha value is -4.64. The van der Waals surface area contributed by atoms with Gasteiger partial charge in [0.15, 0.2) is 0 Å². The highest BCUT2D eigenvalue weighted by Crippen LogP contribution is 2.37. The van der Waals surface area contributed by atoms with E-state index in [2.05, 4.69) is 49.8 Å². The average Bonchev–Trinajstić information content (AvgIpc) is 2.85. The van der Waals surface area contributed by atoms with Crippen molar-refractivity contribution in [2.45, 2.75) is 19.3 Å². The van der Waals surface area contributed by atoms with Crippen LogP contribution in [-0.2, 0) is 5.41 Å². The highest BCUT2D eigenvalue weighted by Gasteiger charge is 2.24. The zero-order valence-corrected chi connectivity index (χ0v) is 20.7. The van der Waals surface area contributed by atoms with E-state index in [9.17, 15) is 5.11 Å². The highest BCUT2D eigenvalue weighted by molar-refractivity contribution is 5.80. The van der Waals surface area contributed by atoms with Crippen LogP contribution in [0.1, 0.15) is 36.1 Å². The van der Waals surface area contributed by atoms with Gasteiger partial charge in [0.1, 0.15) is 5.75 Å². The molecule has 0 aliphatic rings. The van der Waals surface area contributed by atoms with Crippen molar-refractivity contribution in [3.05, 3.63) is 126 Å². The van der Waals surface area contributed by atoms with Crippen molar-refractivity contribution in [2.24, 2.45) is 0 Å². The van der Waals surface area contributed by atoms with E-state index < -0.39 is 0 Å². The summed E-state index contributed by atoms with van der Waals surface area (Å²) in [4.78, 5) is 0. The van der Waals surface area contributed by atoms with Gasteiger partial charge in [0, 0.05) is 33.9 Å². The van der Waals surface area contributed by atoms with Gasteiger partial charge in [-0.05, 0) is 70.8 Å². The maximum atomic E-state index is 10.5. The van der Waals surface area contributed by atoms with Gasteiger partial charge in [0.2, 0.25) is 0 Å². The number of nitrogens with one attached hydrogen (secondary N) is 2. The first-order valence-corrected chi connectivity index (χ1v) is 11.7. The van der Waals surface area contributed by atoms with E-state index in [0.29, 0.717) is 22.8 Å². The smallest absolute Gasteiger partial charge is 0.139 e. The number of phenols is 1. The molecule has 0 radical (unpaired) electrons. The first-order valence-electron chi connectivity index (χ1n) is 11.7. The Bertz CT molecular complexity index is 1440. The summed E-state index contributed by atoms with van der Waals surface area (Å²) >= 11 is 0. The SMILES string of the molecule is C=C(Nc1cccc(C(C)(C)c2ccc(O)c(NC(=C)c3cccc(N)c3)c2)c1)c1cccc(N)c1. The Morgan fingerprint density at radius 2 is 1.25 bits per heavy atom. The molecule has 0 bridgehead atoms. The highest BCUT2D eigenvalue weighted by atomic mass is 16.3. The standard InChI is InChI=1S/C31H32N4O/c1-20(22-8-5-11-26(32)16-22)34-28-13-7-10-24(18-28)31(3,4)25-14-15-30(36)29(19-25)35-21(2)23-9-6-12-27(33)17-23/h5-19,34-36H,1-2,32-33H2,3-4H3. The molecule has 0 aromatic heterocycles. The Balaban J connectivity index is 1.58. The summed E-state index contributed by atoms with van der Waals surface area (Å²) in [6, 6.07) is 28.9. The molecule has 0 saturated heterocycles. The first-order chi connectivity index (χ1) is 17.1. The Labute approximate surface area is 212 Å². The number of nitrogens with two attached hydrogens (primary N) is 2. The lowest BCUT2D eigenvalue weighted by atomic mass is 9.78. The molecule has 5 nitrogen and oxygen atoms in total. The molecule has 0 unspecified atom stereocenters. The molecule has 182 valence electrons. The molecule has 7 N–H and O–H groups in total. The molecule has 0 heterocycles. The number of rotatable bonds is 8. The molecule has 0 spiro atoms. The molecule has 4 aromatic rings. The van der Waals surface area contributed by atoms with Gasteiger partial charge in [-0.3, -0.25) is 0 Å². The number of anilines is 4. The fourth-order valence-corrected chi connectivity index (χ4v) is 4.11. The quantitative estimate of drug-likeness (QED) is 0.139. The summed E-state index contributed by atoms with van der Waals surface area (Å²) < 4.78 is 0. The van der Waals surface area contributed by atoms with Gasteiger partial charge in [-0.1, -0.05) is 69.5 Å². The maximum absolute atomic E-state index is 10.5. The van der Waals surface area contributed by atoms with Crippen molar-refractivity contribution in [1.82, 2.24) is 0 Å². The summed E-state index contributed by atoms with van der Waals surface area (Å²) in [6.07, 6.45) is 0. The normalized spacial score (nSPS) is 11.1. The second kappa shape index (κ2) is 9.92. The van der Waals surface area contributed by atoms with Crippen LogP contribution in [-0.4, -0.2) is 5.11 Å². The average molecular weight is 477 g/mol. The first kappa shape index (κ1) is 24.5.